The minimum atomic E-state index is -1.19. The highest BCUT2D eigenvalue weighted by atomic mass is 16.5. The lowest BCUT2D eigenvalue weighted by atomic mass is 10.2. The molecule has 2 aromatic rings. The molecule has 1 aromatic heterocycles. The van der Waals surface area contributed by atoms with E-state index < -0.39 is 18.1 Å². The van der Waals surface area contributed by atoms with Crippen LogP contribution in [0.25, 0.3) is 0 Å². The largest absolute Gasteiger partial charge is 0.476 e. The number of hydrogen-bond donors (Lipinski definition) is 2. The first kappa shape index (κ1) is 14.6. The topological polar surface area (TPSA) is 102 Å². The van der Waals surface area contributed by atoms with Gasteiger partial charge in [0.1, 0.15) is 18.9 Å². The van der Waals surface area contributed by atoms with E-state index in [2.05, 4.69) is 10.3 Å². The first-order valence-corrected chi connectivity index (χ1v) is 6.22. The Morgan fingerprint density at radius 1 is 1.38 bits per heavy atom. The molecule has 1 amide bonds. The number of carboxylic acid groups (broad SMARTS) is 1. The first-order chi connectivity index (χ1) is 10.1. The number of rotatable bonds is 5. The van der Waals surface area contributed by atoms with E-state index in [-0.39, 0.29) is 18.2 Å². The van der Waals surface area contributed by atoms with Crippen LogP contribution in [0.5, 0.6) is 0 Å². The van der Waals surface area contributed by atoms with Gasteiger partial charge in [0.2, 0.25) is 5.89 Å². The summed E-state index contributed by atoms with van der Waals surface area (Å²) in [4.78, 5) is 26.1. The molecule has 0 saturated heterocycles. The van der Waals surface area contributed by atoms with Gasteiger partial charge in [0.15, 0.2) is 5.69 Å². The lowest BCUT2D eigenvalue weighted by molar-refractivity contribution is 0.0690. The Hall–Kier alpha value is -2.83. The molecule has 0 fully saturated rings. The van der Waals surface area contributed by atoms with Crippen molar-refractivity contribution in [3.05, 3.63) is 53.7 Å². The van der Waals surface area contributed by atoms with Crippen molar-refractivity contribution in [2.24, 2.45) is 0 Å². The van der Waals surface area contributed by atoms with Gasteiger partial charge >= 0.3 is 12.1 Å². The molecule has 0 aliphatic heterocycles. The molecule has 7 nitrogen and oxygen atoms in total. The highest BCUT2D eigenvalue weighted by molar-refractivity contribution is 5.84. The number of benzene rings is 1. The molecule has 2 rings (SSSR count). The van der Waals surface area contributed by atoms with E-state index in [1.807, 2.05) is 30.3 Å². The van der Waals surface area contributed by atoms with Crippen LogP contribution in [-0.4, -0.2) is 22.2 Å². The Kier molecular flexibility index (Phi) is 4.55. The van der Waals surface area contributed by atoms with Crippen LogP contribution < -0.4 is 5.32 Å². The second-order valence-corrected chi connectivity index (χ2v) is 4.30. The van der Waals surface area contributed by atoms with Crippen molar-refractivity contribution in [3.63, 3.8) is 0 Å². The van der Waals surface area contributed by atoms with Crippen LogP contribution in [0, 0.1) is 0 Å². The van der Waals surface area contributed by atoms with Crippen molar-refractivity contribution >= 4 is 12.1 Å². The van der Waals surface area contributed by atoms with E-state index in [4.69, 9.17) is 14.3 Å². The molecule has 1 aromatic carbocycles. The van der Waals surface area contributed by atoms with Gasteiger partial charge in [0, 0.05) is 0 Å². The summed E-state index contributed by atoms with van der Waals surface area (Å²) in [7, 11) is 0. The van der Waals surface area contributed by atoms with Crippen LogP contribution in [0.2, 0.25) is 0 Å². The highest BCUT2D eigenvalue weighted by Crippen LogP contribution is 2.12. The zero-order valence-corrected chi connectivity index (χ0v) is 11.3. The summed E-state index contributed by atoms with van der Waals surface area (Å²) in [5.41, 5.74) is 0.654. The quantitative estimate of drug-likeness (QED) is 0.876. The third-order valence-corrected chi connectivity index (χ3v) is 2.66. The molecular weight excluding hydrogens is 276 g/mol. The van der Waals surface area contributed by atoms with Gasteiger partial charge in [0.25, 0.3) is 0 Å². The number of ether oxygens (including phenoxy) is 1. The normalized spacial score (nSPS) is 11.7. The summed E-state index contributed by atoms with van der Waals surface area (Å²) in [6.45, 7) is 1.76. The van der Waals surface area contributed by atoms with Crippen molar-refractivity contribution in [1.82, 2.24) is 10.3 Å². The lowest BCUT2D eigenvalue weighted by Crippen LogP contribution is -2.27. The Morgan fingerprint density at radius 2 is 2.10 bits per heavy atom. The van der Waals surface area contributed by atoms with E-state index in [0.29, 0.717) is 0 Å². The predicted octanol–water partition coefficient (Wildman–Crippen LogP) is 2.36. The fraction of sp³-hybridized carbons (Fsp3) is 0.214. The number of aromatic carboxylic acids is 1. The summed E-state index contributed by atoms with van der Waals surface area (Å²) in [6, 6.07) is 8.64. The zero-order valence-electron chi connectivity index (χ0n) is 11.3. The maximum Gasteiger partial charge on any atom is 0.408 e. The van der Waals surface area contributed by atoms with Gasteiger partial charge in [-0.1, -0.05) is 30.3 Å². The molecular formula is C14H14N2O5. The number of carbonyl (C=O) groups is 2. The summed E-state index contributed by atoms with van der Waals surface area (Å²) in [5, 5.41) is 11.2. The maximum absolute atomic E-state index is 11.6. The molecule has 21 heavy (non-hydrogen) atoms. The molecule has 2 N–H and O–H groups in total. The van der Waals surface area contributed by atoms with Gasteiger partial charge < -0.3 is 19.6 Å². The minimum Gasteiger partial charge on any atom is -0.476 e. The summed E-state index contributed by atoms with van der Waals surface area (Å²) in [5.74, 6) is -1.09. The first-order valence-electron chi connectivity index (χ1n) is 6.22. The molecule has 0 saturated carbocycles. The van der Waals surface area contributed by atoms with Gasteiger partial charge in [-0.3, -0.25) is 0 Å². The van der Waals surface area contributed by atoms with Crippen molar-refractivity contribution in [2.45, 2.75) is 19.6 Å². The molecule has 7 heteroatoms. The van der Waals surface area contributed by atoms with E-state index in [9.17, 15) is 9.59 Å². The Labute approximate surface area is 120 Å². The number of alkyl carbamates (subject to hydrolysis) is 1. The van der Waals surface area contributed by atoms with Crippen LogP contribution in [0.4, 0.5) is 4.79 Å². The van der Waals surface area contributed by atoms with E-state index in [0.717, 1.165) is 11.8 Å². The van der Waals surface area contributed by atoms with Crippen molar-refractivity contribution in [3.8, 4) is 0 Å². The Morgan fingerprint density at radius 3 is 2.71 bits per heavy atom. The van der Waals surface area contributed by atoms with E-state index in [1.165, 1.54) is 0 Å². The fourth-order valence-corrected chi connectivity index (χ4v) is 1.59. The minimum absolute atomic E-state index is 0.101. The third-order valence-electron chi connectivity index (χ3n) is 2.66. The molecule has 0 spiro atoms. The predicted molar refractivity (Wildman–Crippen MR) is 71.6 cm³/mol. The van der Waals surface area contributed by atoms with Crippen LogP contribution in [0.15, 0.2) is 41.0 Å². The molecule has 0 radical (unpaired) electrons. The smallest absolute Gasteiger partial charge is 0.408 e. The van der Waals surface area contributed by atoms with Gasteiger partial charge in [-0.15, -0.1) is 0 Å². The van der Waals surface area contributed by atoms with Crippen LogP contribution in [0.1, 0.15) is 34.9 Å². The highest BCUT2D eigenvalue weighted by Gasteiger charge is 2.18. The molecule has 0 aliphatic carbocycles. The number of amides is 1. The maximum atomic E-state index is 11.6. The Bertz CT molecular complexity index is 623. The van der Waals surface area contributed by atoms with Crippen molar-refractivity contribution in [1.29, 1.82) is 0 Å². The number of oxazole rings is 1. The SMILES string of the molecule is C[C@H](NC(=O)OCc1ccccc1)c1nc(C(=O)O)co1. The summed E-state index contributed by atoms with van der Waals surface area (Å²) in [6.07, 6.45) is 0.381. The number of nitrogens with one attached hydrogen (secondary N) is 1. The molecule has 1 atom stereocenters. The van der Waals surface area contributed by atoms with Crippen molar-refractivity contribution < 1.29 is 23.8 Å². The van der Waals surface area contributed by atoms with Gasteiger partial charge in [0.05, 0.1) is 0 Å². The van der Waals surface area contributed by atoms with Crippen LogP contribution >= 0.6 is 0 Å². The van der Waals surface area contributed by atoms with Crippen LogP contribution in [-0.2, 0) is 11.3 Å². The van der Waals surface area contributed by atoms with Gasteiger partial charge in [-0.25, -0.2) is 14.6 Å². The molecule has 110 valence electrons. The number of carboxylic acids is 1. The second kappa shape index (κ2) is 6.56. The number of aromatic nitrogens is 1. The lowest BCUT2D eigenvalue weighted by Gasteiger charge is -2.10. The average molecular weight is 290 g/mol. The summed E-state index contributed by atoms with van der Waals surface area (Å²) >= 11 is 0. The number of hydrogen-bond acceptors (Lipinski definition) is 5. The number of nitrogens with zero attached hydrogens (tertiary/aromatic N) is 1. The van der Waals surface area contributed by atoms with Gasteiger partial charge in [-0.05, 0) is 12.5 Å². The van der Waals surface area contributed by atoms with Crippen molar-refractivity contribution in [2.75, 3.05) is 0 Å². The number of carbonyl (C=O) groups excluding carboxylic acids is 1. The molecule has 1 heterocycles. The molecule has 0 bridgehead atoms. The van der Waals surface area contributed by atoms with Gasteiger partial charge in [-0.2, -0.15) is 0 Å². The molecule has 0 unspecified atom stereocenters. The average Bonchev–Trinajstić information content (AvgIpc) is 2.96. The fourth-order valence-electron chi connectivity index (χ4n) is 1.59. The van der Waals surface area contributed by atoms with E-state index in [1.54, 1.807) is 6.92 Å². The Balaban J connectivity index is 1.85. The monoisotopic (exact) mass is 290 g/mol. The third kappa shape index (κ3) is 4.07. The van der Waals surface area contributed by atoms with E-state index >= 15 is 0 Å². The van der Waals surface area contributed by atoms with Crippen LogP contribution in [0.3, 0.4) is 0 Å². The zero-order chi connectivity index (χ0) is 15.2. The second-order valence-electron chi connectivity index (χ2n) is 4.30. The molecule has 0 aliphatic rings. The standard InChI is InChI=1S/C14H14N2O5/c1-9(12-16-11(8-20-12)13(17)18)15-14(19)21-7-10-5-3-2-4-6-10/h2-6,8-9H,7H2,1H3,(H,15,19)(H,17,18)/t9-/m0/s1. The summed E-state index contributed by atoms with van der Waals surface area (Å²) < 4.78 is 10.0.